The molecule has 0 atom stereocenters. The topological polar surface area (TPSA) is 89.8 Å². The van der Waals surface area contributed by atoms with Crippen LogP contribution in [0.5, 0.6) is 0 Å². The Morgan fingerprint density at radius 1 is 1.13 bits per heavy atom. The molecule has 0 aliphatic carbocycles. The Morgan fingerprint density at radius 3 is 2.70 bits per heavy atom. The van der Waals surface area contributed by atoms with Crippen LogP contribution in [0.4, 0.5) is 5.82 Å². The highest BCUT2D eigenvalue weighted by Crippen LogP contribution is 2.26. The van der Waals surface area contributed by atoms with Gasteiger partial charge in [-0.15, -0.1) is 0 Å². The number of nitrogens with one attached hydrogen (secondary N) is 1. The third-order valence-electron chi connectivity index (χ3n) is 4.90. The summed E-state index contributed by atoms with van der Waals surface area (Å²) in [6.45, 7) is 3.92. The molecular weight excluding hydrogens is 378 g/mol. The second-order valence-corrected chi connectivity index (χ2v) is 7.21. The molecule has 150 valence electrons. The van der Waals surface area contributed by atoms with Crippen molar-refractivity contribution in [3.8, 4) is 11.3 Å². The molecule has 0 saturated carbocycles. The van der Waals surface area contributed by atoms with Crippen LogP contribution in [0.15, 0.2) is 59.8 Å². The molecule has 7 nitrogen and oxygen atoms in total. The average Bonchev–Trinajstić information content (AvgIpc) is 2.75. The van der Waals surface area contributed by atoms with Crippen LogP contribution in [0.25, 0.3) is 22.2 Å². The third-order valence-corrected chi connectivity index (χ3v) is 4.90. The zero-order valence-electron chi connectivity index (χ0n) is 17.0. The first-order valence-corrected chi connectivity index (χ1v) is 9.55. The number of ketones is 1. The first-order valence-electron chi connectivity index (χ1n) is 9.55. The number of carbonyl (C=O) groups excluding carboxylic acids is 1. The number of pyridine rings is 2. The van der Waals surface area contributed by atoms with E-state index < -0.39 is 0 Å². The predicted octanol–water partition coefficient (Wildman–Crippen LogP) is 3.51. The molecule has 7 heteroatoms. The normalized spacial score (nSPS) is 10.9. The Morgan fingerprint density at radius 2 is 1.97 bits per heavy atom. The smallest absolute Gasteiger partial charge is 0.264 e. The Bertz CT molecular complexity index is 1310. The molecule has 0 spiro atoms. The van der Waals surface area contributed by atoms with E-state index in [9.17, 15) is 9.59 Å². The van der Waals surface area contributed by atoms with Gasteiger partial charge in [0, 0.05) is 36.6 Å². The summed E-state index contributed by atoms with van der Waals surface area (Å²) < 4.78 is 1.43. The Balaban J connectivity index is 1.82. The number of anilines is 1. The molecule has 0 bridgehead atoms. The molecule has 3 aromatic heterocycles. The third kappa shape index (κ3) is 3.82. The number of hydrogen-bond donors (Lipinski definition) is 1. The van der Waals surface area contributed by atoms with Crippen LogP contribution >= 0.6 is 0 Å². The van der Waals surface area contributed by atoms with Gasteiger partial charge in [0.15, 0.2) is 5.78 Å². The molecule has 0 fully saturated rings. The summed E-state index contributed by atoms with van der Waals surface area (Å²) in [5.74, 6) is 0.430. The van der Waals surface area contributed by atoms with Crippen molar-refractivity contribution in [2.75, 3.05) is 5.32 Å². The summed E-state index contributed by atoms with van der Waals surface area (Å²) in [6.07, 6.45) is 3.29. The lowest BCUT2D eigenvalue weighted by Crippen LogP contribution is -2.19. The zero-order valence-corrected chi connectivity index (χ0v) is 17.0. The van der Waals surface area contributed by atoms with Gasteiger partial charge < -0.3 is 9.88 Å². The van der Waals surface area contributed by atoms with Crippen molar-refractivity contribution in [2.24, 2.45) is 7.05 Å². The zero-order chi connectivity index (χ0) is 21.3. The minimum Gasteiger partial charge on any atom is -0.365 e. The number of nitrogens with zero attached hydrogens (tertiary/aromatic N) is 4. The van der Waals surface area contributed by atoms with Gasteiger partial charge in [-0.2, -0.15) is 0 Å². The van der Waals surface area contributed by atoms with Crippen molar-refractivity contribution >= 4 is 22.5 Å². The fourth-order valence-electron chi connectivity index (χ4n) is 3.18. The van der Waals surface area contributed by atoms with E-state index >= 15 is 0 Å². The molecule has 1 aromatic carbocycles. The number of carbonyl (C=O) groups is 1. The molecule has 0 unspecified atom stereocenters. The van der Waals surface area contributed by atoms with Crippen molar-refractivity contribution in [2.45, 2.75) is 20.4 Å². The number of benzene rings is 1. The maximum atomic E-state index is 12.8. The van der Waals surface area contributed by atoms with E-state index in [0.717, 1.165) is 16.8 Å². The summed E-state index contributed by atoms with van der Waals surface area (Å²) in [5, 5.41) is 3.69. The maximum Gasteiger partial charge on any atom is 0.264 e. The first-order chi connectivity index (χ1) is 14.4. The molecule has 4 rings (SSSR count). The van der Waals surface area contributed by atoms with E-state index in [1.807, 2.05) is 31.2 Å². The molecule has 1 N–H and O–H groups in total. The summed E-state index contributed by atoms with van der Waals surface area (Å²) in [6, 6.07) is 13.0. The second-order valence-electron chi connectivity index (χ2n) is 7.21. The quantitative estimate of drug-likeness (QED) is 0.517. The molecule has 0 aliphatic heterocycles. The number of aromatic nitrogens is 4. The summed E-state index contributed by atoms with van der Waals surface area (Å²) >= 11 is 0. The highest BCUT2D eigenvalue weighted by molar-refractivity contribution is 5.96. The van der Waals surface area contributed by atoms with E-state index in [2.05, 4.69) is 15.3 Å². The maximum absolute atomic E-state index is 12.8. The van der Waals surface area contributed by atoms with Crippen LogP contribution in [0.1, 0.15) is 28.5 Å². The number of fused-ring (bicyclic) bond motifs is 1. The highest BCUT2D eigenvalue weighted by Gasteiger charge is 2.14. The molecule has 0 aliphatic rings. The summed E-state index contributed by atoms with van der Waals surface area (Å²) in [5.41, 5.74) is 4.30. The van der Waals surface area contributed by atoms with Crippen molar-refractivity contribution in [3.63, 3.8) is 0 Å². The van der Waals surface area contributed by atoms with Crippen molar-refractivity contribution < 1.29 is 4.79 Å². The van der Waals surface area contributed by atoms with Crippen LogP contribution < -0.4 is 10.9 Å². The van der Waals surface area contributed by atoms with Gasteiger partial charge >= 0.3 is 0 Å². The van der Waals surface area contributed by atoms with Gasteiger partial charge in [-0.05, 0) is 37.6 Å². The highest BCUT2D eigenvalue weighted by atomic mass is 16.1. The Hall–Kier alpha value is -3.87. The van der Waals surface area contributed by atoms with Gasteiger partial charge in [0.25, 0.3) is 5.56 Å². The van der Waals surface area contributed by atoms with Crippen LogP contribution in [0.2, 0.25) is 0 Å². The fraction of sp³-hybridized carbons (Fsp3) is 0.174. The monoisotopic (exact) mass is 399 g/mol. The number of hydrogen-bond acceptors (Lipinski definition) is 6. The van der Waals surface area contributed by atoms with Crippen LogP contribution in [0.3, 0.4) is 0 Å². The molecule has 3 heterocycles. The molecule has 30 heavy (non-hydrogen) atoms. The van der Waals surface area contributed by atoms with Gasteiger partial charge in [-0.1, -0.05) is 24.3 Å². The SMILES string of the molecule is CC(=O)c1cccc(-c2cc3ncn(C)c(=O)c3c(NCc3ccc(C)nc3)n2)c1. The fourth-order valence-corrected chi connectivity index (χ4v) is 3.18. The summed E-state index contributed by atoms with van der Waals surface area (Å²) in [7, 11) is 1.66. The molecule has 4 aromatic rings. The van der Waals surface area contributed by atoms with Crippen LogP contribution in [-0.2, 0) is 13.6 Å². The summed E-state index contributed by atoms with van der Waals surface area (Å²) in [4.78, 5) is 38.0. The lowest BCUT2D eigenvalue weighted by Gasteiger charge is -2.12. The Labute approximate surface area is 173 Å². The minimum absolute atomic E-state index is 0.0187. The number of rotatable bonds is 5. The first kappa shape index (κ1) is 19.4. The standard InChI is InChI=1S/C23H21N5O2/c1-14-7-8-16(11-24-14)12-25-22-21-20(26-13-28(3)23(21)30)10-19(27-22)18-6-4-5-17(9-18)15(2)29/h4-11,13H,12H2,1-3H3,(H,25,27). The minimum atomic E-state index is -0.180. The van der Waals surface area contributed by atoms with Gasteiger partial charge in [0.05, 0.1) is 17.5 Å². The van der Waals surface area contributed by atoms with Gasteiger partial charge in [-0.25, -0.2) is 9.97 Å². The van der Waals surface area contributed by atoms with E-state index in [4.69, 9.17) is 4.98 Å². The van der Waals surface area contributed by atoms with Crippen molar-refractivity contribution in [3.05, 3.63) is 82.2 Å². The predicted molar refractivity (Wildman–Crippen MR) is 117 cm³/mol. The van der Waals surface area contributed by atoms with Gasteiger partial charge in [-0.3, -0.25) is 14.6 Å². The van der Waals surface area contributed by atoms with Crippen molar-refractivity contribution in [1.82, 2.24) is 19.5 Å². The van der Waals surface area contributed by atoms with Crippen LogP contribution in [-0.4, -0.2) is 25.3 Å². The molecular formula is C23H21N5O2. The number of Topliss-reactive ketones (excluding diaryl/α,β-unsaturated/α-hetero) is 1. The van der Waals surface area contributed by atoms with Gasteiger partial charge in [0.1, 0.15) is 11.2 Å². The number of aryl methyl sites for hydroxylation is 2. The van der Waals surface area contributed by atoms with Crippen LogP contribution in [0, 0.1) is 6.92 Å². The van der Waals surface area contributed by atoms with E-state index in [0.29, 0.717) is 34.5 Å². The average molecular weight is 399 g/mol. The Kier molecular flexibility index (Phi) is 5.10. The molecule has 0 saturated heterocycles. The van der Waals surface area contributed by atoms with E-state index in [1.165, 1.54) is 17.8 Å². The lowest BCUT2D eigenvalue weighted by molar-refractivity contribution is 0.101. The van der Waals surface area contributed by atoms with Crippen molar-refractivity contribution in [1.29, 1.82) is 0 Å². The van der Waals surface area contributed by atoms with Gasteiger partial charge in [0.2, 0.25) is 0 Å². The lowest BCUT2D eigenvalue weighted by atomic mass is 10.0. The van der Waals surface area contributed by atoms with E-state index in [-0.39, 0.29) is 11.3 Å². The molecule has 0 amide bonds. The van der Waals surface area contributed by atoms with E-state index in [1.54, 1.807) is 31.4 Å². The molecule has 0 radical (unpaired) electrons. The largest absolute Gasteiger partial charge is 0.365 e. The second kappa shape index (κ2) is 7.87.